The Hall–Kier alpha value is -0.0500. The number of thiophene rings is 1. The van der Waals surface area contributed by atoms with Crippen LogP contribution in [0, 0.1) is 5.92 Å². The second kappa shape index (κ2) is 42.0. The number of amides is 1. The molecule has 5 aromatic rings. The largest absolute Gasteiger partial charge is 0.454 e. The van der Waals surface area contributed by atoms with Crippen LogP contribution in [0.5, 0.6) is 0 Å². The molecule has 0 bridgehead atoms. The third-order valence-electron chi connectivity index (χ3n) is 7.24. The minimum atomic E-state index is -3.57. The van der Waals surface area contributed by atoms with Gasteiger partial charge in [0.05, 0.1) is 28.9 Å². The summed E-state index contributed by atoms with van der Waals surface area (Å²) >= 11 is 30.7. The Morgan fingerprint density at radius 1 is 0.691 bits per heavy atom. The zero-order chi connectivity index (χ0) is 63.8. The number of fused-ring (bicyclic) bond motifs is 1. The second-order valence-corrected chi connectivity index (χ2v) is 37.1. The minimum absolute atomic E-state index is 0.106. The Kier molecular flexibility index (Phi) is 44.1. The first-order valence-electron chi connectivity index (χ1n) is 21.1. The van der Waals surface area contributed by atoms with E-state index in [1.54, 1.807) is 80.0 Å². The molecule has 6 rings (SSSR count). The average Bonchev–Trinajstić information content (AvgIpc) is 4.00. The highest BCUT2D eigenvalue weighted by molar-refractivity contribution is 8.46. The summed E-state index contributed by atoms with van der Waals surface area (Å²) < 4.78 is 112. The van der Waals surface area contributed by atoms with E-state index in [4.69, 9.17) is 179 Å². The molecule has 2 aromatic heterocycles. The van der Waals surface area contributed by atoms with Gasteiger partial charge in [0.2, 0.25) is 11.1 Å². The Balaban J connectivity index is -0.000000862. The minimum Gasteiger partial charge on any atom is -0.454 e. The van der Waals surface area contributed by atoms with Crippen molar-refractivity contribution in [3.05, 3.63) is 114 Å². The van der Waals surface area contributed by atoms with Crippen LogP contribution in [0.25, 0.3) is 10.9 Å². The van der Waals surface area contributed by atoms with Gasteiger partial charge in [-0.1, -0.05) is 129 Å². The summed E-state index contributed by atoms with van der Waals surface area (Å²) in [6, 6.07) is 27.2. The molecule has 1 amide bonds. The molecule has 0 atom stereocenters. The van der Waals surface area contributed by atoms with Crippen LogP contribution >= 0.6 is 204 Å². The molecular formula is C42H58Cl12N2O18S7. The molecule has 470 valence electrons. The number of anilines is 1. The second-order valence-electron chi connectivity index (χ2n) is 14.9. The molecule has 39 heteroatoms. The maximum absolute atomic E-state index is 10.7. The molecule has 0 radical (unpaired) electrons. The third kappa shape index (κ3) is 51.7. The number of pyridine rings is 1. The van der Waals surface area contributed by atoms with Crippen LogP contribution in [0.3, 0.4) is 0 Å². The summed E-state index contributed by atoms with van der Waals surface area (Å²) in [6.45, 7) is 7.19. The molecule has 0 unspecified atom stereocenters. The van der Waals surface area contributed by atoms with Gasteiger partial charge in [-0.25, -0.2) is 9.59 Å². The van der Waals surface area contributed by atoms with Crippen molar-refractivity contribution in [1.82, 2.24) is 4.98 Å². The van der Waals surface area contributed by atoms with E-state index >= 15 is 0 Å². The molecule has 1 saturated carbocycles. The van der Waals surface area contributed by atoms with Gasteiger partial charge in [0.25, 0.3) is 3.12 Å². The summed E-state index contributed by atoms with van der Waals surface area (Å²) in [5.74, 6) is 0.164. The number of rotatable bonds is 10. The molecule has 1 aliphatic rings. The quantitative estimate of drug-likeness (QED) is 0.0456. The van der Waals surface area contributed by atoms with Gasteiger partial charge in [0.1, 0.15) is 9.10 Å². The van der Waals surface area contributed by atoms with Crippen LogP contribution in [0.1, 0.15) is 52.5 Å². The van der Waals surface area contributed by atoms with Gasteiger partial charge in [0, 0.05) is 124 Å². The fraction of sp³-hybridized carbons (Fsp3) is 0.310. The molecule has 2 heterocycles. The van der Waals surface area contributed by atoms with Gasteiger partial charge in [0.15, 0.2) is 0 Å². The summed E-state index contributed by atoms with van der Waals surface area (Å²) in [5.41, 5.74) is 0.492. The molecule has 81 heavy (non-hydrogen) atoms. The Labute approximate surface area is 539 Å². The van der Waals surface area contributed by atoms with Crippen LogP contribution in [-0.4, -0.2) is 104 Å². The molecule has 0 saturated heterocycles. The number of carbonyl (C=O) groups excluding carboxylic acids is 4. The van der Waals surface area contributed by atoms with Crippen molar-refractivity contribution in [2.75, 3.05) is 18.2 Å². The monoisotopic (exact) mass is 1520 g/mol. The Morgan fingerprint density at radius 2 is 1.19 bits per heavy atom. The fourth-order valence-electron chi connectivity index (χ4n) is 4.08. The van der Waals surface area contributed by atoms with Crippen molar-refractivity contribution in [3.8, 4) is 0 Å². The van der Waals surface area contributed by atoms with Crippen molar-refractivity contribution >= 4 is 242 Å². The molecule has 1 aliphatic carbocycles. The van der Waals surface area contributed by atoms with Gasteiger partial charge in [-0.2, -0.15) is 0 Å². The average molecular weight is 1530 g/mol. The molecule has 0 aliphatic heterocycles. The predicted octanol–water partition coefficient (Wildman–Crippen LogP) is 22.0. The zero-order valence-electron chi connectivity index (χ0n) is 42.2. The highest BCUT2D eigenvalue weighted by atomic mass is 35.7. The lowest BCUT2D eigenvalue weighted by molar-refractivity contribution is -0.114. The number of nitrogens with zero attached hydrogens (tertiary/aromatic N) is 1. The number of carbonyl (C=O) groups is 4. The third-order valence-corrected chi connectivity index (χ3v) is 18.6. The number of hydrogen-bond donors (Lipinski definition) is 13. The summed E-state index contributed by atoms with van der Waals surface area (Å²) in [4.78, 5) is 44.7. The first kappa shape index (κ1) is 85.2. The van der Waals surface area contributed by atoms with Crippen molar-refractivity contribution in [2.24, 2.45) is 5.92 Å². The van der Waals surface area contributed by atoms with Gasteiger partial charge in [-0.15, -0.1) is 30.9 Å². The molecule has 1 fully saturated rings. The van der Waals surface area contributed by atoms with Gasteiger partial charge in [-0.05, 0) is 104 Å². The topological polar surface area (TPSA) is 354 Å². The maximum Gasteiger partial charge on any atom is 0.404 e. The first-order valence-corrected chi connectivity index (χ1v) is 39.1. The van der Waals surface area contributed by atoms with Crippen molar-refractivity contribution in [3.63, 3.8) is 0 Å². The van der Waals surface area contributed by atoms with E-state index in [9.17, 15) is 28.3 Å². The number of benzene rings is 3. The lowest BCUT2D eigenvalue weighted by Crippen LogP contribution is -2.08. The van der Waals surface area contributed by atoms with Crippen molar-refractivity contribution < 1.29 is 83.3 Å². The highest BCUT2D eigenvalue weighted by Gasteiger charge is 2.36. The van der Waals surface area contributed by atoms with E-state index in [1.165, 1.54) is 30.4 Å². The normalized spacial score (nSPS) is 13.3. The van der Waals surface area contributed by atoms with Crippen LogP contribution in [0.4, 0.5) is 15.3 Å². The number of para-hydroxylation sites is 1. The maximum atomic E-state index is 10.7. The molecule has 0 spiro atoms. The predicted molar refractivity (Wildman–Crippen MR) is 349 cm³/mol. The van der Waals surface area contributed by atoms with Crippen LogP contribution in [0.15, 0.2) is 123 Å². The molecule has 13 N–H and O–H groups in total. The van der Waals surface area contributed by atoms with Gasteiger partial charge < -0.3 is 14.8 Å². The molecule has 3 aromatic carbocycles. The van der Waals surface area contributed by atoms with Crippen LogP contribution in [-0.2, 0) is 24.8 Å². The number of hydrogen-bond acceptors (Lipinski definition) is 20. The summed E-state index contributed by atoms with van der Waals surface area (Å²) in [5, 5.41) is 4.97. The lowest BCUT2D eigenvalue weighted by atomic mass is 10.2. The molecular weight excluding hydrogens is 1470 g/mol. The highest BCUT2D eigenvalue weighted by Crippen LogP contribution is 2.63. The zero-order valence-corrected chi connectivity index (χ0v) is 57.0. The molecule has 20 nitrogen and oxygen atoms in total. The lowest BCUT2D eigenvalue weighted by Gasteiger charge is -2.29. The van der Waals surface area contributed by atoms with E-state index in [2.05, 4.69) is 19.8 Å². The number of nitrogens with one attached hydrogen (secondary N) is 1. The number of aromatic nitrogens is 1. The van der Waals surface area contributed by atoms with E-state index < -0.39 is 72.8 Å². The Morgan fingerprint density at radius 3 is 1.47 bits per heavy atom. The number of ether oxygens (including phenoxy) is 2. The number of alkyl halides is 3. The summed E-state index contributed by atoms with van der Waals surface area (Å²) in [6.07, 6.45) is 5.48. The number of halogens is 12. The fourth-order valence-corrected chi connectivity index (χ4v) is 9.22. The van der Waals surface area contributed by atoms with E-state index in [0.29, 0.717) is 22.0 Å². The van der Waals surface area contributed by atoms with E-state index in [0.717, 1.165) is 36.5 Å². The van der Waals surface area contributed by atoms with Crippen molar-refractivity contribution in [2.45, 2.75) is 75.9 Å². The van der Waals surface area contributed by atoms with Gasteiger partial charge in [-0.3, -0.25) is 69.2 Å². The Bertz CT molecular complexity index is 2530. The summed E-state index contributed by atoms with van der Waals surface area (Å²) in [7, 11) is 12.3. The van der Waals surface area contributed by atoms with E-state index in [1.807, 2.05) is 37.3 Å². The van der Waals surface area contributed by atoms with Crippen molar-refractivity contribution in [1.29, 1.82) is 0 Å². The standard InChI is InChI=1S/C9H8ClNO2S.C8H10ClNO3S.C7H9ClO2S.C4H5ClO2S2.2C4H7ClO2.C4H5ClO.CH2Cl4O2S.CH5ClO2S/c10-14(12,13)8-5-1-3-7-4-2-6-11-9(7)8;1-6(11)10-7-2-4-8(5-3-7)14(9,12)13;8-11(9,10)6-7-4-2-1-3-5-7;5-9(6,7)4-2-1-3-8-4;1-3(2)7-4(5)6;1-2-3-7-4(5)6;5-4(6)3-1-2-3;2-1(3,4)8(5,6)7;1-5(2,3)4/h1-6,12-13H;2-5,12-13H,1H3,(H,10,11);1-5,9-10H,6H2;1-3,6-7H;3H,1-2H3;2-3H2,1H3;3H,1-2H2;6-7H;3-4H,1H3. The SMILES string of the molecule is CC(=O)Nc1ccc(S(O)(O)Cl)cc1.CC(C)OC(=O)Cl.CCCOC(=O)Cl.CS(O)(O)Cl.O=C(Cl)C1CC1.OS(O)(Cl)C(Cl)(Cl)Cl.OS(O)(Cl)Cc1ccccc1.OS(O)(Cl)c1cccc2cccnc12.OS(O)(Cl)c1cccs1. The van der Waals surface area contributed by atoms with Gasteiger partial charge >= 0.3 is 10.9 Å². The first-order chi connectivity index (χ1) is 36.6. The van der Waals surface area contributed by atoms with Crippen LogP contribution < -0.4 is 5.32 Å². The smallest absolute Gasteiger partial charge is 0.404 e. The van der Waals surface area contributed by atoms with Crippen LogP contribution in [0.2, 0.25) is 0 Å². The van der Waals surface area contributed by atoms with E-state index in [-0.39, 0.29) is 38.7 Å².